The molecule has 6 nitrogen and oxygen atoms in total. The minimum absolute atomic E-state index is 0.0954. The Bertz CT molecular complexity index is 884. The molecule has 1 fully saturated rings. The van der Waals surface area contributed by atoms with Gasteiger partial charge in [0.05, 0.1) is 19.8 Å². The van der Waals surface area contributed by atoms with Crippen molar-refractivity contribution in [2.24, 2.45) is 0 Å². The lowest BCUT2D eigenvalue weighted by Crippen LogP contribution is -2.36. The lowest BCUT2D eigenvalue weighted by atomic mass is 10.1. The number of halogens is 2. The SMILES string of the molecule is CN(CC(=O)Nc1ccc(N2CCOCC2)cc1)C(=O)CCc1ccc(F)c(F)c1. The Morgan fingerprint density at radius 1 is 1.07 bits per heavy atom. The van der Waals surface area contributed by atoms with Crippen LogP contribution in [0.4, 0.5) is 20.2 Å². The number of morpholine rings is 1. The molecule has 1 aliphatic heterocycles. The summed E-state index contributed by atoms with van der Waals surface area (Å²) >= 11 is 0. The maximum atomic E-state index is 13.2. The fourth-order valence-electron chi connectivity index (χ4n) is 3.22. The van der Waals surface area contributed by atoms with Crippen molar-refractivity contribution in [1.82, 2.24) is 4.90 Å². The van der Waals surface area contributed by atoms with Crippen molar-refractivity contribution >= 4 is 23.2 Å². The first-order chi connectivity index (χ1) is 14.4. The first-order valence-corrected chi connectivity index (χ1v) is 9.83. The fraction of sp³-hybridized carbons (Fsp3) is 0.364. The molecule has 2 aromatic rings. The van der Waals surface area contributed by atoms with Gasteiger partial charge in [-0.05, 0) is 48.4 Å². The number of rotatable bonds is 7. The van der Waals surface area contributed by atoms with Crippen LogP contribution >= 0.6 is 0 Å². The van der Waals surface area contributed by atoms with Crippen molar-refractivity contribution in [1.29, 1.82) is 0 Å². The van der Waals surface area contributed by atoms with Crippen LogP contribution in [0.1, 0.15) is 12.0 Å². The highest BCUT2D eigenvalue weighted by molar-refractivity contribution is 5.94. The number of hydrogen-bond donors (Lipinski definition) is 1. The lowest BCUT2D eigenvalue weighted by molar-refractivity contribution is -0.133. The first-order valence-electron chi connectivity index (χ1n) is 9.83. The van der Waals surface area contributed by atoms with Crippen molar-refractivity contribution in [2.75, 3.05) is 50.1 Å². The second-order valence-electron chi connectivity index (χ2n) is 7.19. The van der Waals surface area contributed by atoms with Gasteiger partial charge in [0.2, 0.25) is 11.8 Å². The molecule has 1 N–H and O–H groups in total. The topological polar surface area (TPSA) is 61.9 Å². The van der Waals surface area contributed by atoms with Gasteiger partial charge in [-0.1, -0.05) is 6.07 Å². The molecular weight excluding hydrogens is 392 g/mol. The molecule has 160 valence electrons. The Balaban J connectivity index is 1.45. The van der Waals surface area contributed by atoms with Crippen molar-refractivity contribution in [3.63, 3.8) is 0 Å². The largest absolute Gasteiger partial charge is 0.378 e. The predicted octanol–water partition coefficient (Wildman–Crippen LogP) is 2.83. The summed E-state index contributed by atoms with van der Waals surface area (Å²) in [5.74, 6) is -2.42. The van der Waals surface area contributed by atoms with Gasteiger partial charge < -0.3 is 19.9 Å². The van der Waals surface area contributed by atoms with Gasteiger partial charge in [0.1, 0.15) is 0 Å². The fourth-order valence-corrected chi connectivity index (χ4v) is 3.22. The molecule has 0 unspecified atom stereocenters. The highest BCUT2D eigenvalue weighted by Gasteiger charge is 2.15. The zero-order chi connectivity index (χ0) is 21.5. The number of carbonyl (C=O) groups excluding carboxylic acids is 2. The third-order valence-corrected chi connectivity index (χ3v) is 4.95. The third-order valence-electron chi connectivity index (χ3n) is 4.95. The summed E-state index contributed by atoms with van der Waals surface area (Å²) < 4.78 is 31.5. The minimum atomic E-state index is -0.938. The van der Waals surface area contributed by atoms with Crippen LogP contribution in [0, 0.1) is 11.6 Å². The van der Waals surface area contributed by atoms with Crippen LogP contribution in [0.5, 0.6) is 0 Å². The number of anilines is 2. The number of aryl methyl sites for hydroxylation is 1. The Hall–Kier alpha value is -3.00. The van der Waals surface area contributed by atoms with E-state index in [2.05, 4.69) is 10.2 Å². The second-order valence-corrected chi connectivity index (χ2v) is 7.19. The molecule has 1 heterocycles. The van der Waals surface area contributed by atoms with Crippen molar-refractivity contribution < 1.29 is 23.1 Å². The van der Waals surface area contributed by atoms with E-state index in [4.69, 9.17) is 4.74 Å². The molecule has 2 amide bonds. The summed E-state index contributed by atoms with van der Waals surface area (Å²) in [7, 11) is 1.54. The molecule has 1 aliphatic rings. The summed E-state index contributed by atoms with van der Waals surface area (Å²) in [5.41, 5.74) is 2.25. The molecular formula is C22H25F2N3O3. The molecule has 0 saturated carbocycles. The molecule has 0 atom stereocenters. The first kappa shape index (κ1) is 21.7. The van der Waals surface area contributed by atoms with Gasteiger partial charge in [0.15, 0.2) is 11.6 Å². The van der Waals surface area contributed by atoms with Gasteiger partial charge in [-0.2, -0.15) is 0 Å². The summed E-state index contributed by atoms with van der Waals surface area (Å²) in [5, 5.41) is 2.78. The van der Waals surface area contributed by atoms with Crippen LogP contribution in [-0.2, 0) is 20.7 Å². The van der Waals surface area contributed by atoms with Crippen LogP contribution < -0.4 is 10.2 Å². The highest BCUT2D eigenvalue weighted by atomic mass is 19.2. The van der Waals surface area contributed by atoms with Gasteiger partial charge in [0.25, 0.3) is 0 Å². The van der Waals surface area contributed by atoms with Gasteiger partial charge in [0, 0.05) is 37.9 Å². The molecule has 30 heavy (non-hydrogen) atoms. The van der Waals surface area contributed by atoms with Gasteiger partial charge in [-0.25, -0.2) is 8.78 Å². The smallest absolute Gasteiger partial charge is 0.243 e. The van der Waals surface area contributed by atoms with Crippen molar-refractivity contribution in [3.05, 3.63) is 59.7 Å². The quantitative estimate of drug-likeness (QED) is 0.753. The summed E-state index contributed by atoms with van der Waals surface area (Å²) in [4.78, 5) is 28.0. The maximum Gasteiger partial charge on any atom is 0.243 e. The molecule has 0 bridgehead atoms. The Morgan fingerprint density at radius 3 is 2.43 bits per heavy atom. The number of nitrogens with one attached hydrogen (secondary N) is 1. The molecule has 3 rings (SSSR count). The molecule has 0 spiro atoms. The van der Waals surface area contributed by atoms with Crippen molar-refractivity contribution in [3.8, 4) is 0 Å². The molecule has 0 radical (unpaired) electrons. The van der Waals surface area contributed by atoms with E-state index in [9.17, 15) is 18.4 Å². The number of nitrogens with zero attached hydrogens (tertiary/aromatic N) is 2. The molecule has 1 saturated heterocycles. The molecule has 8 heteroatoms. The third kappa shape index (κ3) is 6.00. The number of carbonyl (C=O) groups is 2. The Kier molecular flexibility index (Phi) is 7.35. The van der Waals surface area contributed by atoms with Gasteiger partial charge in [-0.3, -0.25) is 9.59 Å². The summed E-state index contributed by atoms with van der Waals surface area (Å²) in [6, 6.07) is 11.1. The monoisotopic (exact) mass is 417 g/mol. The van der Waals surface area contributed by atoms with Gasteiger partial charge in [-0.15, -0.1) is 0 Å². The number of ether oxygens (including phenoxy) is 1. The number of amides is 2. The molecule has 2 aromatic carbocycles. The van der Waals surface area contributed by atoms with E-state index in [0.717, 1.165) is 30.9 Å². The van der Waals surface area contributed by atoms with Gasteiger partial charge >= 0.3 is 0 Å². The van der Waals surface area contributed by atoms with E-state index < -0.39 is 11.6 Å². The van der Waals surface area contributed by atoms with Crippen LogP contribution in [0.25, 0.3) is 0 Å². The average molecular weight is 417 g/mol. The number of likely N-dealkylation sites (N-methyl/N-ethyl adjacent to an activating group) is 1. The van der Waals surface area contributed by atoms with Crippen molar-refractivity contribution in [2.45, 2.75) is 12.8 Å². The molecule has 0 aliphatic carbocycles. The normalized spacial score (nSPS) is 13.8. The maximum absolute atomic E-state index is 13.2. The minimum Gasteiger partial charge on any atom is -0.378 e. The second kappa shape index (κ2) is 10.2. The van der Waals surface area contributed by atoms with E-state index >= 15 is 0 Å². The van der Waals surface area contributed by atoms with E-state index in [0.29, 0.717) is 24.5 Å². The number of hydrogen-bond acceptors (Lipinski definition) is 4. The zero-order valence-corrected chi connectivity index (χ0v) is 16.9. The standard InChI is InChI=1S/C22H25F2N3O3/c1-26(22(29)9-3-16-2-8-19(23)20(24)14-16)15-21(28)25-17-4-6-18(7-5-17)27-10-12-30-13-11-27/h2,4-8,14H,3,9-13,15H2,1H3,(H,25,28). The van der Waals surface area contributed by atoms with E-state index in [1.54, 1.807) is 0 Å². The lowest BCUT2D eigenvalue weighted by Gasteiger charge is -2.28. The van der Waals surface area contributed by atoms with Crippen LogP contribution in [0.3, 0.4) is 0 Å². The summed E-state index contributed by atoms with van der Waals surface area (Å²) in [6.45, 7) is 2.98. The van der Waals surface area contributed by atoms with E-state index in [1.807, 2.05) is 24.3 Å². The molecule has 0 aromatic heterocycles. The van der Waals surface area contributed by atoms with Crippen LogP contribution in [0.2, 0.25) is 0 Å². The highest BCUT2D eigenvalue weighted by Crippen LogP contribution is 2.19. The average Bonchev–Trinajstić information content (AvgIpc) is 2.75. The Morgan fingerprint density at radius 2 is 1.77 bits per heavy atom. The van der Waals surface area contributed by atoms with Crippen LogP contribution in [0.15, 0.2) is 42.5 Å². The van der Waals surface area contributed by atoms with E-state index in [1.165, 1.54) is 18.0 Å². The predicted molar refractivity (Wildman–Crippen MR) is 110 cm³/mol. The summed E-state index contributed by atoms with van der Waals surface area (Å²) in [6.07, 6.45) is 0.369. The number of benzene rings is 2. The van der Waals surface area contributed by atoms with E-state index in [-0.39, 0.29) is 31.2 Å². The Labute approximate surface area is 174 Å². The van der Waals surface area contributed by atoms with Crippen LogP contribution in [-0.4, -0.2) is 56.6 Å². The zero-order valence-electron chi connectivity index (χ0n) is 16.9.